The maximum atomic E-state index is 14.5. The maximum absolute atomic E-state index is 14.5. The third kappa shape index (κ3) is 4.85. The molecule has 2 aliphatic rings. The number of halogens is 2. The second-order valence-electron chi connectivity index (χ2n) is 10.4. The number of hydrogen-bond donors (Lipinski definition) is 1. The van der Waals surface area contributed by atoms with Crippen LogP contribution in [0.2, 0.25) is 0 Å². The fourth-order valence-electron chi connectivity index (χ4n) is 5.69. The minimum atomic E-state index is -0.423. The highest BCUT2D eigenvalue weighted by Crippen LogP contribution is 2.45. The molecule has 2 N–H and O–H groups in total. The molecule has 6 heteroatoms. The van der Waals surface area contributed by atoms with Gasteiger partial charge in [-0.25, -0.2) is 13.8 Å². The third-order valence-electron chi connectivity index (χ3n) is 7.60. The van der Waals surface area contributed by atoms with E-state index in [9.17, 15) is 8.78 Å². The Labute approximate surface area is 218 Å². The van der Waals surface area contributed by atoms with E-state index in [2.05, 4.69) is 68.6 Å². The van der Waals surface area contributed by atoms with E-state index in [0.717, 1.165) is 47.2 Å². The zero-order valence-corrected chi connectivity index (χ0v) is 21.8. The number of amidine groups is 1. The van der Waals surface area contributed by atoms with Gasteiger partial charge in [0, 0.05) is 48.4 Å². The molecule has 1 atom stereocenters. The van der Waals surface area contributed by atoms with Crippen LogP contribution in [0.25, 0.3) is 0 Å². The van der Waals surface area contributed by atoms with Crippen molar-refractivity contribution in [1.82, 2.24) is 0 Å². The molecular formula is C31H34F2N4. The molecule has 2 heterocycles. The topological polar surface area (TPSA) is 44.9 Å². The first-order valence-electron chi connectivity index (χ1n) is 12.9. The summed E-state index contributed by atoms with van der Waals surface area (Å²) in [5, 5.41) is 0. The molecule has 4 nitrogen and oxygen atoms in total. The van der Waals surface area contributed by atoms with Crippen molar-refractivity contribution in [2.24, 2.45) is 16.6 Å². The van der Waals surface area contributed by atoms with Crippen LogP contribution in [0.3, 0.4) is 0 Å². The quantitative estimate of drug-likeness (QED) is 0.401. The molecule has 3 aromatic rings. The van der Waals surface area contributed by atoms with E-state index in [-0.39, 0.29) is 12.0 Å². The number of hydrogen-bond acceptors (Lipinski definition) is 4. The molecule has 0 aliphatic carbocycles. The summed E-state index contributed by atoms with van der Waals surface area (Å²) in [6.45, 7) is 11.6. The molecule has 2 aliphatic heterocycles. The van der Waals surface area contributed by atoms with Gasteiger partial charge in [0.1, 0.15) is 17.5 Å². The average Bonchev–Trinajstić information content (AvgIpc) is 2.87. The molecule has 37 heavy (non-hydrogen) atoms. The number of aryl methyl sites for hydroxylation is 3. The van der Waals surface area contributed by atoms with Gasteiger partial charge in [-0.3, -0.25) is 0 Å². The number of nitrogens with zero attached hydrogens (tertiary/aromatic N) is 3. The van der Waals surface area contributed by atoms with Crippen molar-refractivity contribution < 1.29 is 8.78 Å². The summed E-state index contributed by atoms with van der Waals surface area (Å²) in [6.07, 6.45) is 2.18. The Morgan fingerprint density at radius 1 is 0.973 bits per heavy atom. The van der Waals surface area contributed by atoms with E-state index in [0.29, 0.717) is 30.9 Å². The van der Waals surface area contributed by atoms with E-state index >= 15 is 0 Å². The van der Waals surface area contributed by atoms with Crippen LogP contribution < -0.4 is 15.5 Å². The van der Waals surface area contributed by atoms with Crippen LogP contribution >= 0.6 is 0 Å². The molecule has 0 bridgehead atoms. The average molecular weight is 501 g/mol. The first-order valence-corrected chi connectivity index (χ1v) is 12.9. The van der Waals surface area contributed by atoms with Crippen molar-refractivity contribution in [3.05, 3.63) is 101 Å². The van der Waals surface area contributed by atoms with Crippen LogP contribution in [0, 0.1) is 38.3 Å². The predicted octanol–water partition coefficient (Wildman–Crippen LogP) is 7.26. The molecule has 5 rings (SSSR count). The Kier molecular flexibility index (Phi) is 6.76. The second-order valence-corrected chi connectivity index (χ2v) is 10.4. The van der Waals surface area contributed by atoms with E-state index in [4.69, 9.17) is 10.7 Å². The SMILES string of the molecule is C=C(N)CC1c2cccc(C)c2N=C(C2CCN(c3cc(F)ccc3F)CC2)N1c1cc(C)ccc1C. The summed E-state index contributed by atoms with van der Waals surface area (Å²) < 4.78 is 28.4. The number of nitrogens with two attached hydrogens (primary N) is 1. The Hall–Kier alpha value is -3.67. The highest BCUT2D eigenvalue weighted by atomic mass is 19.1. The molecule has 0 amide bonds. The van der Waals surface area contributed by atoms with Crippen molar-refractivity contribution in [2.45, 2.75) is 46.1 Å². The van der Waals surface area contributed by atoms with Crippen molar-refractivity contribution >= 4 is 22.9 Å². The number of aliphatic imine (C=N–C) groups is 1. The second kappa shape index (κ2) is 10.0. The summed E-state index contributed by atoms with van der Waals surface area (Å²) >= 11 is 0. The van der Waals surface area contributed by atoms with Crippen molar-refractivity contribution in [3.8, 4) is 0 Å². The number of rotatable bonds is 5. The minimum Gasteiger partial charge on any atom is -0.402 e. The van der Waals surface area contributed by atoms with E-state index in [1.807, 2.05) is 4.90 Å². The molecule has 0 aromatic heterocycles. The standard InChI is InChI=1S/C31H34F2N4/c1-19-8-9-20(2)27(16-19)37-28(17-22(4)34)25-7-5-6-21(3)30(25)35-31(37)23-12-14-36(15-13-23)29-18-24(32)10-11-26(29)33/h5-11,16,18,23,28H,4,12-15,17,34H2,1-3H3. The van der Waals surface area contributed by atoms with Gasteiger partial charge in [-0.15, -0.1) is 0 Å². The molecule has 1 fully saturated rings. The molecular weight excluding hydrogens is 466 g/mol. The van der Waals surface area contributed by atoms with Gasteiger partial charge in [0.25, 0.3) is 0 Å². The lowest BCUT2D eigenvalue weighted by Crippen LogP contribution is -2.46. The summed E-state index contributed by atoms with van der Waals surface area (Å²) in [7, 11) is 0. The van der Waals surface area contributed by atoms with Gasteiger partial charge in [-0.1, -0.05) is 36.9 Å². The molecule has 1 saturated heterocycles. The van der Waals surface area contributed by atoms with Crippen LogP contribution in [0.4, 0.5) is 25.8 Å². The lowest BCUT2D eigenvalue weighted by Gasteiger charge is -2.44. The van der Waals surface area contributed by atoms with Gasteiger partial charge in [0.15, 0.2) is 0 Å². The normalized spacial score (nSPS) is 18.0. The van der Waals surface area contributed by atoms with Crippen LogP contribution in [0.15, 0.2) is 71.9 Å². The minimum absolute atomic E-state index is 0.0286. The predicted molar refractivity (Wildman–Crippen MR) is 149 cm³/mol. The first-order chi connectivity index (χ1) is 17.7. The van der Waals surface area contributed by atoms with Crippen LogP contribution in [-0.4, -0.2) is 18.9 Å². The Morgan fingerprint density at radius 2 is 1.73 bits per heavy atom. The number of para-hydroxylation sites is 1. The zero-order chi connectivity index (χ0) is 26.3. The molecule has 3 aromatic carbocycles. The van der Waals surface area contributed by atoms with Crippen LogP contribution in [0.5, 0.6) is 0 Å². The van der Waals surface area contributed by atoms with Crippen molar-refractivity contribution in [3.63, 3.8) is 0 Å². The number of piperidine rings is 1. The molecule has 0 spiro atoms. The summed E-state index contributed by atoms with van der Waals surface area (Å²) in [5.74, 6) is 0.362. The first kappa shape index (κ1) is 25.0. The fourth-order valence-corrected chi connectivity index (χ4v) is 5.69. The van der Waals surface area contributed by atoms with Gasteiger partial charge in [0.2, 0.25) is 0 Å². The van der Waals surface area contributed by atoms with Gasteiger partial charge in [-0.2, -0.15) is 0 Å². The Morgan fingerprint density at radius 3 is 2.46 bits per heavy atom. The smallest absolute Gasteiger partial charge is 0.146 e. The van der Waals surface area contributed by atoms with Gasteiger partial charge >= 0.3 is 0 Å². The summed E-state index contributed by atoms with van der Waals surface area (Å²) in [6, 6.07) is 16.4. The fraction of sp³-hybridized carbons (Fsp3) is 0.323. The molecule has 192 valence electrons. The van der Waals surface area contributed by atoms with Crippen LogP contribution in [0.1, 0.15) is 47.6 Å². The molecule has 1 unspecified atom stereocenters. The van der Waals surface area contributed by atoms with E-state index in [1.165, 1.54) is 23.3 Å². The van der Waals surface area contributed by atoms with E-state index < -0.39 is 11.6 Å². The Bertz CT molecular complexity index is 1370. The molecule has 0 radical (unpaired) electrons. The lowest BCUT2D eigenvalue weighted by molar-refractivity contribution is 0.481. The van der Waals surface area contributed by atoms with Gasteiger partial charge < -0.3 is 15.5 Å². The van der Waals surface area contributed by atoms with Gasteiger partial charge in [0.05, 0.1) is 17.4 Å². The summed E-state index contributed by atoms with van der Waals surface area (Å²) in [5.41, 5.74) is 13.9. The van der Waals surface area contributed by atoms with E-state index in [1.54, 1.807) is 0 Å². The van der Waals surface area contributed by atoms with Crippen LogP contribution in [-0.2, 0) is 0 Å². The third-order valence-corrected chi connectivity index (χ3v) is 7.60. The lowest BCUT2D eigenvalue weighted by atomic mass is 9.87. The Balaban J connectivity index is 1.57. The number of benzene rings is 3. The highest BCUT2D eigenvalue weighted by molar-refractivity contribution is 6.04. The van der Waals surface area contributed by atoms with Crippen molar-refractivity contribution in [1.29, 1.82) is 0 Å². The maximum Gasteiger partial charge on any atom is 0.146 e. The van der Waals surface area contributed by atoms with Crippen molar-refractivity contribution in [2.75, 3.05) is 22.9 Å². The monoisotopic (exact) mass is 500 g/mol. The number of fused-ring (bicyclic) bond motifs is 1. The van der Waals surface area contributed by atoms with Gasteiger partial charge in [-0.05, 0) is 68.5 Å². The largest absolute Gasteiger partial charge is 0.402 e. The number of anilines is 2. The summed E-state index contributed by atoms with van der Waals surface area (Å²) in [4.78, 5) is 9.61. The molecule has 0 saturated carbocycles. The zero-order valence-electron chi connectivity index (χ0n) is 21.8. The highest BCUT2D eigenvalue weighted by Gasteiger charge is 2.37.